The van der Waals surface area contributed by atoms with Gasteiger partial charge in [0.1, 0.15) is 0 Å². The minimum atomic E-state index is -0.538. The number of hydrogen-bond acceptors (Lipinski definition) is 5. The van der Waals surface area contributed by atoms with Crippen molar-refractivity contribution in [3.05, 3.63) is 0 Å². The molecule has 0 atom stereocenters. The maximum atomic E-state index is 11.1. The topological polar surface area (TPSA) is 83.9 Å². The minimum Gasteiger partial charge on any atom is -0.396 e. The van der Waals surface area contributed by atoms with Gasteiger partial charge in [-0.3, -0.25) is 9.59 Å². The van der Waals surface area contributed by atoms with Crippen molar-refractivity contribution in [2.45, 2.75) is 53.4 Å². The molecule has 0 spiro atoms. The SMILES string of the molecule is CC(C)CC(=O)ON1C(=O)CCC1=O.CC(C)CCO. The number of hydrogen-bond donors (Lipinski definition) is 1. The second kappa shape index (κ2) is 9.47. The van der Waals surface area contributed by atoms with E-state index in [1.54, 1.807) is 0 Å². The Hall–Kier alpha value is -1.43. The van der Waals surface area contributed by atoms with E-state index in [4.69, 9.17) is 5.11 Å². The molecule has 1 heterocycles. The van der Waals surface area contributed by atoms with Gasteiger partial charge in [0.2, 0.25) is 0 Å². The highest BCUT2D eigenvalue weighted by molar-refractivity contribution is 6.01. The van der Waals surface area contributed by atoms with Gasteiger partial charge in [0.05, 0.1) is 6.42 Å². The van der Waals surface area contributed by atoms with Gasteiger partial charge in [0, 0.05) is 19.4 Å². The van der Waals surface area contributed by atoms with Gasteiger partial charge < -0.3 is 9.94 Å². The van der Waals surface area contributed by atoms with E-state index in [0.717, 1.165) is 6.42 Å². The number of carbonyl (C=O) groups is 3. The van der Waals surface area contributed by atoms with Crippen LogP contribution in [-0.4, -0.2) is 34.6 Å². The van der Waals surface area contributed by atoms with Crippen LogP contribution in [0.5, 0.6) is 0 Å². The summed E-state index contributed by atoms with van der Waals surface area (Å²) in [7, 11) is 0. The van der Waals surface area contributed by atoms with Crippen LogP contribution in [0.3, 0.4) is 0 Å². The largest absolute Gasteiger partial charge is 0.396 e. The Labute approximate surface area is 120 Å². The summed E-state index contributed by atoms with van der Waals surface area (Å²) in [6.07, 6.45) is 1.40. The molecule has 0 aromatic carbocycles. The molecule has 0 bridgehead atoms. The van der Waals surface area contributed by atoms with Crippen LogP contribution in [0.25, 0.3) is 0 Å². The molecular weight excluding hydrogens is 262 g/mol. The van der Waals surface area contributed by atoms with Crippen molar-refractivity contribution in [1.29, 1.82) is 0 Å². The number of aliphatic hydroxyl groups excluding tert-OH is 1. The van der Waals surface area contributed by atoms with Crippen molar-refractivity contribution in [2.24, 2.45) is 11.8 Å². The maximum Gasteiger partial charge on any atom is 0.333 e. The van der Waals surface area contributed by atoms with Crippen LogP contribution in [0.2, 0.25) is 0 Å². The molecule has 6 nitrogen and oxygen atoms in total. The third kappa shape index (κ3) is 7.89. The first-order chi connectivity index (χ1) is 9.27. The van der Waals surface area contributed by atoms with Crippen LogP contribution >= 0.6 is 0 Å². The Morgan fingerprint density at radius 2 is 1.65 bits per heavy atom. The third-order valence-corrected chi connectivity index (χ3v) is 2.48. The summed E-state index contributed by atoms with van der Waals surface area (Å²) >= 11 is 0. The molecule has 1 aliphatic heterocycles. The first-order valence-corrected chi connectivity index (χ1v) is 6.95. The smallest absolute Gasteiger partial charge is 0.333 e. The van der Waals surface area contributed by atoms with Crippen molar-refractivity contribution in [1.82, 2.24) is 5.06 Å². The molecule has 116 valence electrons. The Kier molecular flexibility index (Phi) is 8.79. The quantitative estimate of drug-likeness (QED) is 0.777. The molecule has 0 radical (unpaired) electrons. The molecule has 0 unspecified atom stereocenters. The molecule has 0 aromatic heterocycles. The molecule has 20 heavy (non-hydrogen) atoms. The first kappa shape index (κ1) is 18.6. The van der Waals surface area contributed by atoms with Gasteiger partial charge >= 0.3 is 5.97 Å². The predicted molar refractivity (Wildman–Crippen MR) is 73.2 cm³/mol. The predicted octanol–water partition coefficient (Wildman–Crippen LogP) is 1.66. The van der Waals surface area contributed by atoms with E-state index in [2.05, 4.69) is 18.7 Å². The standard InChI is InChI=1S/C9H13NO4.C5H12O/c1-6(2)5-9(13)14-10-7(11)3-4-8(10)12;1-5(2)3-4-6/h6H,3-5H2,1-2H3;5-6H,3-4H2,1-2H3. The monoisotopic (exact) mass is 287 g/mol. The van der Waals surface area contributed by atoms with Crippen molar-refractivity contribution in [3.63, 3.8) is 0 Å². The Morgan fingerprint density at radius 1 is 1.15 bits per heavy atom. The van der Waals surface area contributed by atoms with Crippen molar-refractivity contribution in [3.8, 4) is 0 Å². The summed E-state index contributed by atoms with van der Waals surface area (Å²) in [5.74, 6) is -0.617. The van der Waals surface area contributed by atoms with Crippen LogP contribution in [-0.2, 0) is 19.2 Å². The number of nitrogens with zero attached hydrogens (tertiary/aromatic N) is 1. The first-order valence-electron chi connectivity index (χ1n) is 6.95. The molecule has 2 amide bonds. The molecule has 0 aliphatic carbocycles. The number of hydroxylamine groups is 2. The zero-order valence-corrected chi connectivity index (χ0v) is 12.7. The van der Waals surface area contributed by atoms with Gasteiger partial charge in [0.15, 0.2) is 0 Å². The molecule has 0 saturated carbocycles. The fourth-order valence-electron chi connectivity index (χ4n) is 1.39. The highest BCUT2D eigenvalue weighted by atomic mass is 16.7. The molecule has 0 aromatic rings. The summed E-state index contributed by atoms with van der Waals surface area (Å²) in [4.78, 5) is 37.8. The molecule has 1 aliphatic rings. The van der Waals surface area contributed by atoms with Crippen LogP contribution in [0.1, 0.15) is 53.4 Å². The summed E-state index contributed by atoms with van der Waals surface area (Å²) < 4.78 is 0. The van der Waals surface area contributed by atoms with Crippen LogP contribution in [0.4, 0.5) is 0 Å². The highest BCUT2D eigenvalue weighted by Gasteiger charge is 2.32. The Bertz CT molecular complexity index is 322. The van der Waals surface area contributed by atoms with Gasteiger partial charge in [0.25, 0.3) is 11.8 Å². The molecule has 6 heteroatoms. The number of carbonyl (C=O) groups excluding carboxylic acids is 3. The van der Waals surface area contributed by atoms with Crippen molar-refractivity contribution in [2.75, 3.05) is 6.61 Å². The lowest BCUT2D eigenvalue weighted by atomic mass is 10.1. The van der Waals surface area contributed by atoms with Crippen molar-refractivity contribution < 1.29 is 24.3 Å². The van der Waals surface area contributed by atoms with Gasteiger partial charge in [-0.2, -0.15) is 0 Å². The second-order valence-electron chi connectivity index (χ2n) is 5.55. The number of imide groups is 1. The van der Waals surface area contributed by atoms with E-state index in [-0.39, 0.29) is 25.2 Å². The summed E-state index contributed by atoms with van der Waals surface area (Å²) in [6, 6.07) is 0. The van der Waals surface area contributed by atoms with Crippen LogP contribution < -0.4 is 0 Å². The van der Waals surface area contributed by atoms with E-state index in [0.29, 0.717) is 17.6 Å². The van der Waals surface area contributed by atoms with Crippen LogP contribution in [0.15, 0.2) is 0 Å². The zero-order valence-electron chi connectivity index (χ0n) is 12.7. The summed E-state index contributed by atoms with van der Waals surface area (Å²) in [5, 5.41) is 8.81. The van der Waals surface area contributed by atoms with Gasteiger partial charge in [-0.05, 0) is 18.3 Å². The molecule has 1 fully saturated rings. The van der Waals surface area contributed by atoms with Gasteiger partial charge in [-0.1, -0.05) is 27.7 Å². The molecule has 1 N–H and O–H groups in total. The average Bonchev–Trinajstić information content (AvgIpc) is 2.60. The van der Waals surface area contributed by atoms with E-state index >= 15 is 0 Å². The zero-order chi connectivity index (χ0) is 15.7. The summed E-state index contributed by atoms with van der Waals surface area (Å²) in [6.45, 7) is 8.23. The molecule has 1 rings (SSSR count). The van der Waals surface area contributed by atoms with Gasteiger partial charge in [-0.25, -0.2) is 4.79 Å². The normalized spacial score (nSPS) is 14.7. The van der Waals surface area contributed by atoms with Gasteiger partial charge in [-0.15, -0.1) is 5.06 Å². The minimum absolute atomic E-state index is 0.133. The lowest BCUT2D eigenvalue weighted by Crippen LogP contribution is -2.32. The van der Waals surface area contributed by atoms with E-state index in [1.807, 2.05) is 13.8 Å². The molecular formula is C14H25NO5. The Balaban J connectivity index is 0.000000511. The third-order valence-electron chi connectivity index (χ3n) is 2.48. The molecule has 1 saturated heterocycles. The van der Waals surface area contributed by atoms with E-state index in [1.165, 1.54) is 0 Å². The Morgan fingerprint density at radius 3 is 1.95 bits per heavy atom. The maximum absolute atomic E-state index is 11.1. The lowest BCUT2D eigenvalue weighted by Gasteiger charge is -2.13. The fraction of sp³-hybridized carbons (Fsp3) is 0.786. The highest BCUT2D eigenvalue weighted by Crippen LogP contribution is 2.13. The van der Waals surface area contributed by atoms with Crippen molar-refractivity contribution >= 4 is 17.8 Å². The number of amides is 2. The summed E-state index contributed by atoms with van der Waals surface area (Å²) in [5.41, 5.74) is 0. The lowest BCUT2D eigenvalue weighted by molar-refractivity contribution is -0.198. The fourth-order valence-corrected chi connectivity index (χ4v) is 1.39. The average molecular weight is 287 g/mol. The van der Waals surface area contributed by atoms with E-state index < -0.39 is 17.8 Å². The van der Waals surface area contributed by atoms with Crippen LogP contribution in [0, 0.1) is 11.8 Å². The number of aliphatic hydroxyl groups is 1. The van der Waals surface area contributed by atoms with E-state index in [9.17, 15) is 14.4 Å². The number of rotatable bonds is 5. The second-order valence-corrected chi connectivity index (χ2v) is 5.55.